The average molecular weight is 363 g/mol. The van der Waals surface area contributed by atoms with Crippen molar-refractivity contribution < 1.29 is 4.42 Å². The van der Waals surface area contributed by atoms with E-state index in [1.807, 2.05) is 0 Å². The van der Waals surface area contributed by atoms with Crippen LogP contribution in [-0.4, -0.2) is 4.86 Å². The van der Waals surface area contributed by atoms with Crippen molar-refractivity contribution in [2.75, 3.05) is 0 Å². The molecule has 1 atom stereocenters. The second kappa shape index (κ2) is 4.84. The zero-order valence-electron chi connectivity index (χ0n) is 9.50. The lowest BCUT2D eigenvalue weighted by atomic mass is 9.89. The van der Waals surface area contributed by atoms with Gasteiger partial charge >= 0.3 is 0 Å². The maximum absolute atomic E-state index is 10.8. The number of nitrogens with zero attached hydrogens (tertiary/aromatic N) is 1. The fraction of sp³-hybridized carbons (Fsp3) is 0.583. The van der Waals surface area contributed by atoms with Crippen molar-refractivity contribution in [2.45, 2.75) is 44.9 Å². The molecule has 5 heteroatoms. The maximum atomic E-state index is 10.8. The fourth-order valence-corrected chi connectivity index (χ4v) is 5.00. The van der Waals surface area contributed by atoms with Crippen LogP contribution in [0.25, 0.3) is 0 Å². The number of fused-ring (bicyclic) bond motifs is 3. The molecule has 0 saturated heterocycles. The predicted molar refractivity (Wildman–Crippen MR) is 79.8 cm³/mol. The van der Waals surface area contributed by atoms with Gasteiger partial charge in [-0.25, -0.2) is 0 Å². The Morgan fingerprint density at radius 2 is 1.82 bits per heavy atom. The van der Waals surface area contributed by atoms with Crippen LogP contribution in [0, 0.1) is 4.91 Å². The lowest BCUT2D eigenvalue weighted by molar-refractivity contribution is 0.439. The maximum Gasteiger partial charge on any atom is 0.112 e. The molecule has 1 heterocycles. The zero-order valence-corrected chi connectivity index (χ0v) is 12.5. The van der Waals surface area contributed by atoms with E-state index in [1.165, 1.54) is 34.6 Å². The van der Waals surface area contributed by atoms with Crippen LogP contribution < -0.4 is 0 Å². The molecule has 0 aromatic carbocycles. The van der Waals surface area contributed by atoms with E-state index >= 15 is 0 Å². The first kappa shape index (κ1) is 11.9. The molecule has 0 bridgehead atoms. The highest BCUT2D eigenvalue weighted by Gasteiger charge is 2.28. The van der Waals surface area contributed by atoms with Crippen LogP contribution in [0.1, 0.15) is 48.3 Å². The van der Waals surface area contributed by atoms with Crippen molar-refractivity contribution in [3.8, 4) is 0 Å². The van der Waals surface area contributed by atoms with E-state index in [9.17, 15) is 4.91 Å². The molecular formula is C12H14INO2S. The van der Waals surface area contributed by atoms with E-state index in [2.05, 4.69) is 25.8 Å². The van der Waals surface area contributed by atoms with Crippen molar-refractivity contribution >= 4 is 33.9 Å². The van der Waals surface area contributed by atoms with Gasteiger partial charge in [0.1, 0.15) is 11.5 Å². The van der Waals surface area contributed by atoms with Gasteiger partial charge in [-0.15, -0.1) is 4.91 Å². The number of hydrogen-bond acceptors (Lipinski definition) is 3. The lowest BCUT2D eigenvalue weighted by Gasteiger charge is -2.16. The van der Waals surface area contributed by atoms with Crippen LogP contribution in [0.2, 0.25) is 0 Å². The highest BCUT2D eigenvalue weighted by molar-refractivity contribution is 14.2. The fourth-order valence-electron chi connectivity index (χ4n) is 2.87. The van der Waals surface area contributed by atoms with E-state index in [-0.39, 0.29) is 0 Å². The topological polar surface area (TPSA) is 42.6 Å². The van der Waals surface area contributed by atoms with E-state index in [4.69, 9.17) is 4.42 Å². The molecule has 2 aliphatic rings. The van der Waals surface area contributed by atoms with Crippen molar-refractivity contribution in [1.29, 1.82) is 0 Å². The van der Waals surface area contributed by atoms with Gasteiger partial charge in [-0.05, 0) is 32.1 Å². The Balaban J connectivity index is 2.19. The van der Waals surface area contributed by atoms with E-state index in [1.54, 1.807) is 0 Å². The van der Waals surface area contributed by atoms with E-state index in [0.717, 1.165) is 37.9 Å². The summed E-state index contributed by atoms with van der Waals surface area (Å²) >= 11 is 2.16. The minimum Gasteiger partial charge on any atom is -0.465 e. The number of halogens is 1. The Labute approximate surface area is 115 Å². The molecule has 0 saturated carbocycles. The van der Waals surface area contributed by atoms with Crippen LogP contribution in [0.3, 0.4) is 0 Å². The summed E-state index contributed by atoms with van der Waals surface area (Å²) in [5, 5.41) is 0. The van der Waals surface area contributed by atoms with Gasteiger partial charge < -0.3 is 4.42 Å². The summed E-state index contributed by atoms with van der Waals surface area (Å²) in [4.78, 5) is 12.0. The number of rotatable bonds is 1. The first-order chi connectivity index (χ1) is 8.31. The Hall–Kier alpha value is -0.170. The SMILES string of the molecule is O=N/S(I)=C1\CCCc2oc3c(c21)CCCC3. The predicted octanol–water partition coefficient (Wildman–Crippen LogP) is 4.32. The van der Waals surface area contributed by atoms with Gasteiger partial charge in [0.05, 0.1) is 0 Å². The first-order valence-corrected chi connectivity index (χ1v) is 9.77. The normalized spacial score (nSPS) is 22.8. The van der Waals surface area contributed by atoms with Crippen molar-refractivity contribution in [2.24, 2.45) is 4.58 Å². The largest absolute Gasteiger partial charge is 0.465 e. The molecule has 0 amide bonds. The minimum absolute atomic E-state index is 0.505. The van der Waals surface area contributed by atoms with Crippen LogP contribution in [0.15, 0.2) is 9.00 Å². The molecule has 1 unspecified atom stereocenters. The molecule has 1 aromatic rings. The molecular weight excluding hydrogens is 349 g/mol. The standard InChI is InChI=1S/C12H14INO2S/c13-17(14-15)11-7-3-6-10-12(11)8-4-1-2-5-9(8)16-10/h1-7H2. The van der Waals surface area contributed by atoms with Crippen LogP contribution in [0.5, 0.6) is 0 Å². The highest BCUT2D eigenvalue weighted by atomic mass is 127. The van der Waals surface area contributed by atoms with E-state index in [0.29, 0.717) is 0 Å². The summed E-state index contributed by atoms with van der Waals surface area (Å²) in [5.74, 6) is 2.30. The quantitative estimate of drug-likeness (QED) is 0.424. The van der Waals surface area contributed by atoms with Gasteiger partial charge in [0.2, 0.25) is 0 Å². The van der Waals surface area contributed by atoms with Crippen LogP contribution >= 0.6 is 29.0 Å². The number of hydrogen-bond donors (Lipinski definition) is 0. The summed E-state index contributed by atoms with van der Waals surface area (Å²) in [6.07, 6.45) is 7.79. The monoisotopic (exact) mass is 363 g/mol. The molecule has 0 spiro atoms. The molecule has 0 N–H and O–H groups in total. The van der Waals surface area contributed by atoms with Crippen molar-refractivity contribution in [3.63, 3.8) is 0 Å². The Kier molecular flexibility index (Phi) is 3.38. The van der Waals surface area contributed by atoms with Crippen molar-refractivity contribution in [1.82, 2.24) is 0 Å². The number of aryl methyl sites for hydroxylation is 2. The molecule has 0 radical (unpaired) electrons. The zero-order chi connectivity index (χ0) is 11.8. The lowest BCUT2D eigenvalue weighted by Crippen LogP contribution is -2.12. The molecule has 0 aliphatic heterocycles. The second-order valence-corrected chi connectivity index (χ2v) is 8.22. The molecule has 2 aliphatic carbocycles. The van der Waals surface area contributed by atoms with Crippen LogP contribution in [0.4, 0.5) is 0 Å². The molecule has 17 heavy (non-hydrogen) atoms. The van der Waals surface area contributed by atoms with E-state index < -0.39 is 7.84 Å². The number of nitroso groups, excluding NO2 is 1. The minimum atomic E-state index is -0.505. The molecule has 0 fully saturated rings. The van der Waals surface area contributed by atoms with Crippen molar-refractivity contribution in [3.05, 3.63) is 27.6 Å². The van der Waals surface area contributed by atoms with Gasteiger partial charge in [0, 0.05) is 62.5 Å². The number of furan rings is 1. The van der Waals surface area contributed by atoms with Gasteiger partial charge in [0.25, 0.3) is 0 Å². The highest BCUT2D eigenvalue weighted by Crippen LogP contribution is 2.40. The molecule has 3 nitrogen and oxygen atoms in total. The molecule has 3 rings (SSSR count). The third-order valence-corrected chi connectivity index (χ3v) is 6.62. The summed E-state index contributed by atoms with van der Waals surface area (Å²) in [6, 6.07) is 0. The Bertz CT molecular complexity index is 507. The van der Waals surface area contributed by atoms with Gasteiger partial charge in [-0.2, -0.15) is 0 Å². The summed E-state index contributed by atoms with van der Waals surface area (Å²) in [7, 11) is -0.505. The van der Waals surface area contributed by atoms with Gasteiger partial charge in [-0.1, -0.05) is 0 Å². The first-order valence-electron chi connectivity index (χ1n) is 6.05. The summed E-state index contributed by atoms with van der Waals surface area (Å²) in [6.45, 7) is 0. The summed E-state index contributed by atoms with van der Waals surface area (Å²) in [5.41, 5.74) is 2.67. The third kappa shape index (κ3) is 2.01. The Morgan fingerprint density at radius 3 is 2.65 bits per heavy atom. The smallest absolute Gasteiger partial charge is 0.112 e. The van der Waals surface area contributed by atoms with Crippen LogP contribution in [-0.2, 0) is 19.3 Å². The Morgan fingerprint density at radius 1 is 1.06 bits per heavy atom. The van der Waals surface area contributed by atoms with Gasteiger partial charge in [0.15, 0.2) is 0 Å². The molecule has 92 valence electrons. The second-order valence-electron chi connectivity index (χ2n) is 4.60. The average Bonchev–Trinajstić information content (AvgIpc) is 2.76. The summed E-state index contributed by atoms with van der Waals surface area (Å²) < 4.78 is 9.22. The third-order valence-electron chi connectivity index (χ3n) is 3.60. The molecule has 1 aromatic heterocycles. The van der Waals surface area contributed by atoms with Gasteiger partial charge in [-0.3, -0.25) is 0 Å².